The quantitative estimate of drug-likeness (QED) is 0.678. The van der Waals surface area contributed by atoms with Gasteiger partial charge in [-0.15, -0.1) is 0 Å². The van der Waals surface area contributed by atoms with Crippen molar-refractivity contribution in [2.45, 2.75) is 0 Å². The number of para-hydroxylation sites is 1. The van der Waals surface area contributed by atoms with Gasteiger partial charge in [-0.3, -0.25) is 4.79 Å². The first-order valence-electron chi connectivity index (χ1n) is 5.58. The molecule has 2 aromatic rings. The van der Waals surface area contributed by atoms with Crippen molar-refractivity contribution in [1.29, 1.82) is 0 Å². The van der Waals surface area contributed by atoms with E-state index in [4.69, 9.17) is 16.6 Å². The average Bonchev–Trinajstić information content (AvgIpc) is 2.94. The molecule has 0 bridgehead atoms. The summed E-state index contributed by atoms with van der Waals surface area (Å²) in [6.07, 6.45) is 1.62. The van der Waals surface area contributed by atoms with Crippen molar-refractivity contribution in [3.63, 3.8) is 0 Å². The zero-order valence-electron chi connectivity index (χ0n) is 9.80. The van der Waals surface area contributed by atoms with Gasteiger partial charge in [-0.25, -0.2) is 0 Å². The van der Waals surface area contributed by atoms with Gasteiger partial charge in [0.2, 0.25) is 0 Å². The zero-order valence-corrected chi connectivity index (χ0v) is 11.4. The van der Waals surface area contributed by atoms with E-state index in [1.54, 1.807) is 6.08 Å². The first kappa shape index (κ1) is 12.2. The number of fused-ring (bicyclic) bond motifs is 1. The van der Waals surface area contributed by atoms with E-state index < -0.39 is 0 Å². The topological polar surface area (TPSA) is 42.2 Å². The number of thiocarbonyl (C=S) groups is 1. The Bertz CT molecular complexity index is 710. The highest BCUT2D eigenvalue weighted by Gasteiger charge is 2.26. The van der Waals surface area contributed by atoms with Crippen LogP contribution in [0.1, 0.15) is 5.76 Å². The van der Waals surface area contributed by atoms with Crippen LogP contribution in [0.15, 0.2) is 52.3 Å². The van der Waals surface area contributed by atoms with E-state index >= 15 is 0 Å². The molecule has 0 aliphatic carbocycles. The summed E-state index contributed by atoms with van der Waals surface area (Å²) in [5.74, 6) is 0.420. The van der Waals surface area contributed by atoms with Crippen LogP contribution in [0.2, 0.25) is 0 Å². The second kappa shape index (κ2) is 4.68. The monoisotopic (exact) mass is 287 g/mol. The minimum atomic E-state index is -0.203. The lowest BCUT2D eigenvalue weighted by Gasteiger charge is -1.99. The summed E-state index contributed by atoms with van der Waals surface area (Å²) in [6.45, 7) is 3.76. The highest BCUT2D eigenvalue weighted by Crippen LogP contribution is 2.34. The zero-order chi connectivity index (χ0) is 13.4. The van der Waals surface area contributed by atoms with Crippen LogP contribution < -0.4 is 5.32 Å². The Labute approximate surface area is 119 Å². The number of furan rings is 1. The molecule has 1 aliphatic heterocycles. The molecule has 19 heavy (non-hydrogen) atoms. The van der Waals surface area contributed by atoms with E-state index in [0.717, 1.165) is 11.0 Å². The largest absolute Gasteiger partial charge is 0.456 e. The summed E-state index contributed by atoms with van der Waals surface area (Å²) in [5.41, 5.74) is 1.45. The molecule has 2 heterocycles. The molecule has 1 aromatic carbocycles. The van der Waals surface area contributed by atoms with Gasteiger partial charge in [-0.2, -0.15) is 0 Å². The van der Waals surface area contributed by atoms with Gasteiger partial charge in [0, 0.05) is 11.0 Å². The number of nitrogens with one attached hydrogen (secondary N) is 1. The molecule has 3 rings (SSSR count). The number of carbonyl (C=O) groups excluding carboxylic acids is 1. The fraction of sp³-hybridized carbons (Fsp3) is 0. The fourth-order valence-electron chi connectivity index (χ4n) is 1.91. The van der Waals surface area contributed by atoms with Crippen molar-refractivity contribution in [2.75, 3.05) is 0 Å². The van der Waals surface area contributed by atoms with Crippen molar-refractivity contribution in [3.05, 3.63) is 53.7 Å². The Morgan fingerprint density at radius 1 is 1.42 bits per heavy atom. The van der Waals surface area contributed by atoms with Crippen LogP contribution in [0.4, 0.5) is 0 Å². The van der Waals surface area contributed by atoms with Crippen molar-refractivity contribution < 1.29 is 9.21 Å². The number of hydrogen-bond donors (Lipinski definition) is 1. The molecule has 5 heteroatoms. The van der Waals surface area contributed by atoms with E-state index in [2.05, 4.69) is 11.9 Å². The highest BCUT2D eigenvalue weighted by atomic mass is 32.2. The smallest absolute Gasteiger partial charge is 0.264 e. The Morgan fingerprint density at radius 3 is 2.84 bits per heavy atom. The minimum absolute atomic E-state index is 0.203. The molecule has 94 valence electrons. The Balaban J connectivity index is 2.17. The first-order valence-corrected chi connectivity index (χ1v) is 6.80. The number of allylic oxidation sites excluding steroid dienone is 2. The molecule has 0 saturated carbocycles. The molecule has 3 nitrogen and oxygen atoms in total. The number of thioether (sulfide) groups is 1. The lowest BCUT2D eigenvalue weighted by Crippen LogP contribution is -2.18. The molecule has 1 saturated heterocycles. The molecular weight excluding hydrogens is 278 g/mol. The van der Waals surface area contributed by atoms with Crippen molar-refractivity contribution >= 4 is 50.7 Å². The van der Waals surface area contributed by atoms with Crippen molar-refractivity contribution in [3.8, 4) is 0 Å². The number of benzene rings is 1. The van der Waals surface area contributed by atoms with Gasteiger partial charge in [-0.05, 0) is 12.1 Å². The molecule has 1 fully saturated rings. The second-order valence-electron chi connectivity index (χ2n) is 3.94. The number of carbonyl (C=O) groups is 1. The van der Waals surface area contributed by atoms with Crippen LogP contribution >= 0.6 is 24.0 Å². The van der Waals surface area contributed by atoms with Crippen LogP contribution in [0.5, 0.6) is 0 Å². The summed E-state index contributed by atoms with van der Waals surface area (Å²) >= 11 is 6.22. The molecular formula is C14H9NO2S2. The van der Waals surface area contributed by atoms with E-state index in [1.807, 2.05) is 30.3 Å². The Kier molecular flexibility index (Phi) is 3.00. The molecule has 0 spiro atoms. The van der Waals surface area contributed by atoms with Gasteiger partial charge in [0.15, 0.2) is 0 Å². The third kappa shape index (κ3) is 2.11. The van der Waals surface area contributed by atoms with Crippen molar-refractivity contribution in [2.24, 2.45) is 0 Å². The molecule has 1 N–H and O–H groups in total. The van der Waals surface area contributed by atoms with E-state index in [1.165, 1.54) is 11.8 Å². The third-order valence-corrected chi connectivity index (χ3v) is 4.01. The maximum Gasteiger partial charge on any atom is 0.264 e. The highest BCUT2D eigenvalue weighted by molar-refractivity contribution is 8.26. The predicted molar refractivity (Wildman–Crippen MR) is 81.7 cm³/mol. The van der Waals surface area contributed by atoms with Gasteiger partial charge in [0.05, 0.1) is 4.91 Å². The number of hydrogen-bond acceptors (Lipinski definition) is 4. The van der Waals surface area contributed by atoms with Crippen LogP contribution in [0, 0.1) is 0 Å². The second-order valence-corrected chi connectivity index (χ2v) is 5.63. The Hall–Kier alpha value is -1.85. The normalized spacial score (nSPS) is 17.7. The number of amides is 1. The van der Waals surface area contributed by atoms with Crippen LogP contribution in [0.25, 0.3) is 16.5 Å². The molecule has 0 unspecified atom stereocenters. The maximum atomic E-state index is 11.8. The first-order chi connectivity index (χ1) is 9.19. The lowest BCUT2D eigenvalue weighted by molar-refractivity contribution is -0.115. The summed E-state index contributed by atoms with van der Waals surface area (Å²) in [5, 5.41) is 3.58. The summed E-state index contributed by atoms with van der Waals surface area (Å²) in [4.78, 5) is 12.3. The molecule has 1 aliphatic rings. The molecule has 0 atom stereocenters. The number of rotatable bonds is 2. The standard InChI is InChI=1S/C14H9NO2S2/c1-2-9(12-13(16)15-14(18)19-12)11-7-8-5-3-4-6-10(8)17-11/h2-7H,1H2,(H,15,16,18). The maximum absolute atomic E-state index is 11.8. The average molecular weight is 287 g/mol. The van der Waals surface area contributed by atoms with Gasteiger partial charge >= 0.3 is 0 Å². The van der Waals surface area contributed by atoms with E-state index in [9.17, 15) is 4.79 Å². The lowest BCUT2D eigenvalue weighted by atomic mass is 10.1. The minimum Gasteiger partial charge on any atom is -0.456 e. The summed E-state index contributed by atoms with van der Waals surface area (Å²) in [7, 11) is 0. The predicted octanol–water partition coefficient (Wildman–Crippen LogP) is 3.48. The van der Waals surface area contributed by atoms with Gasteiger partial charge in [0.25, 0.3) is 5.91 Å². The van der Waals surface area contributed by atoms with E-state index in [0.29, 0.717) is 20.6 Å². The summed E-state index contributed by atoms with van der Waals surface area (Å²) in [6, 6.07) is 9.59. The molecule has 0 radical (unpaired) electrons. The van der Waals surface area contributed by atoms with Gasteiger partial charge < -0.3 is 9.73 Å². The van der Waals surface area contributed by atoms with Crippen LogP contribution in [-0.4, -0.2) is 10.2 Å². The Morgan fingerprint density at radius 2 is 2.21 bits per heavy atom. The molecule has 1 aromatic heterocycles. The third-order valence-electron chi connectivity index (χ3n) is 2.76. The van der Waals surface area contributed by atoms with Crippen LogP contribution in [0.3, 0.4) is 0 Å². The summed E-state index contributed by atoms with van der Waals surface area (Å²) < 4.78 is 6.21. The van der Waals surface area contributed by atoms with E-state index in [-0.39, 0.29) is 5.91 Å². The van der Waals surface area contributed by atoms with Crippen LogP contribution in [-0.2, 0) is 4.79 Å². The van der Waals surface area contributed by atoms with Gasteiger partial charge in [-0.1, -0.05) is 54.8 Å². The SMILES string of the molecule is C=CC(=C1SC(=S)NC1=O)c1cc2ccccc2o1. The molecule has 1 amide bonds. The van der Waals surface area contributed by atoms with Crippen molar-refractivity contribution in [1.82, 2.24) is 5.32 Å². The fourth-order valence-corrected chi connectivity index (χ4v) is 3.02. The van der Waals surface area contributed by atoms with Gasteiger partial charge in [0.1, 0.15) is 15.7 Å².